The zero-order valence-electron chi connectivity index (χ0n) is 80.6. The summed E-state index contributed by atoms with van der Waals surface area (Å²) in [6.07, 6.45) is 11.8. The largest absolute Gasteiger partial charge is 0.488 e. The van der Waals surface area contributed by atoms with E-state index in [1.54, 1.807) is 35.6 Å². The highest BCUT2D eigenvalue weighted by molar-refractivity contribution is 9.11. The predicted molar refractivity (Wildman–Crippen MR) is 596 cm³/mol. The molecular formula is C114H126B2Br3N7O10S3. The monoisotopic (exact) mass is 2110 g/mol. The second kappa shape index (κ2) is 53.7. The Morgan fingerprint density at radius 3 is 0.770 bits per heavy atom. The van der Waals surface area contributed by atoms with Crippen molar-refractivity contribution in [3.8, 4) is 50.6 Å². The lowest BCUT2D eigenvalue weighted by Gasteiger charge is -2.19. The van der Waals surface area contributed by atoms with Gasteiger partial charge >= 0.3 is 32.5 Å². The highest BCUT2D eigenvalue weighted by atomic mass is 79.9. The Morgan fingerprint density at radius 2 is 0.532 bits per heavy atom. The van der Waals surface area contributed by atoms with Crippen LogP contribution >= 0.6 is 81.8 Å². The van der Waals surface area contributed by atoms with Crippen molar-refractivity contribution in [1.29, 1.82) is 5.26 Å². The van der Waals surface area contributed by atoms with Gasteiger partial charge in [-0.25, -0.2) is 14.4 Å². The van der Waals surface area contributed by atoms with Gasteiger partial charge < -0.3 is 67.5 Å². The summed E-state index contributed by atoms with van der Waals surface area (Å²) in [5, 5.41) is 60.6. The van der Waals surface area contributed by atoms with E-state index in [9.17, 15) is 34.5 Å². The Hall–Kier alpha value is -10.9. The summed E-state index contributed by atoms with van der Waals surface area (Å²) in [6.45, 7) is 20.8. The fourth-order valence-electron chi connectivity index (χ4n) is 15.6. The fraction of sp³-hybridized carbons (Fsp3) is 0.281. The molecule has 722 valence electrons. The van der Waals surface area contributed by atoms with Crippen LogP contribution in [-0.4, -0.2) is 109 Å². The van der Waals surface area contributed by atoms with Gasteiger partial charge in [-0.1, -0.05) is 230 Å². The van der Waals surface area contributed by atoms with Crippen molar-refractivity contribution in [2.45, 2.75) is 169 Å². The van der Waals surface area contributed by atoms with Gasteiger partial charge in [-0.2, -0.15) is 5.26 Å². The lowest BCUT2D eigenvalue weighted by Crippen LogP contribution is -2.33. The molecule has 139 heavy (non-hydrogen) atoms. The van der Waals surface area contributed by atoms with E-state index in [2.05, 4.69) is 270 Å². The molecule has 0 saturated carbocycles. The number of hydrogen-bond acceptors (Lipinski definition) is 17. The van der Waals surface area contributed by atoms with Gasteiger partial charge in [-0.3, -0.25) is 0 Å². The quantitative estimate of drug-likeness (QED) is 0.0118. The van der Waals surface area contributed by atoms with Crippen LogP contribution in [0, 0.1) is 11.3 Å². The van der Waals surface area contributed by atoms with Crippen molar-refractivity contribution in [3.63, 3.8) is 0 Å². The number of fused-ring (bicyclic) bond motifs is 9. The first kappa shape index (κ1) is 109. The van der Waals surface area contributed by atoms with Crippen molar-refractivity contribution in [1.82, 2.24) is 16.0 Å². The topological polar surface area (TPSA) is 298 Å². The van der Waals surface area contributed by atoms with Gasteiger partial charge in [-0.05, 0) is 368 Å². The number of aryl methyl sites for hydroxylation is 7. The molecule has 3 heterocycles. The van der Waals surface area contributed by atoms with Crippen LogP contribution in [0.25, 0.3) is 105 Å². The molecule has 0 fully saturated rings. The van der Waals surface area contributed by atoms with Gasteiger partial charge in [0, 0.05) is 89.2 Å². The lowest BCUT2D eigenvalue weighted by atomic mass is 9.78. The maximum absolute atomic E-state index is 12.0. The van der Waals surface area contributed by atoms with Gasteiger partial charge in [0.05, 0.1) is 6.07 Å². The molecule has 0 aliphatic carbocycles. The summed E-state index contributed by atoms with van der Waals surface area (Å²) >= 11 is 15.5. The van der Waals surface area contributed by atoms with E-state index in [1.807, 2.05) is 140 Å². The maximum Gasteiger partial charge on any atom is 0.488 e. The van der Waals surface area contributed by atoms with Crippen molar-refractivity contribution in [3.05, 3.63) is 331 Å². The number of ether oxygens (including phenoxy) is 3. The number of thiophene rings is 3. The minimum atomic E-state index is -1.51. The Bertz CT molecular complexity index is 6500. The molecule has 16 aromatic rings. The summed E-state index contributed by atoms with van der Waals surface area (Å²) in [5.41, 5.74) is 35.1. The number of rotatable bonds is 29. The van der Waals surface area contributed by atoms with Crippen LogP contribution in [0.4, 0.5) is 14.4 Å². The summed E-state index contributed by atoms with van der Waals surface area (Å²) < 4.78 is 26.4. The predicted octanol–water partition coefficient (Wildman–Crippen LogP) is 26.0. The van der Waals surface area contributed by atoms with Crippen LogP contribution in [0.2, 0.25) is 0 Å². The third-order valence-corrected chi connectivity index (χ3v) is 27.2. The third kappa shape index (κ3) is 35.4. The van der Waals surface area contributed by atoms with E-state index in [4.69, 9.17) is 36.7 Å². The van der Waals surface area contributed by atoms with Crippen LogP contribution in [0.5, 0.6) is 0 Å². The van der Waals surface area contributed by atoms with E-state index in [0.29, 0.717) is 37.0 Å². The Kier molecular flexibility index (Phi) is 41.9. The molecule has 25 heteroatoms. The standard InChI is InChI=1S/C40H46N2O4S.C30H30N2S.C14H20BrNO2.C12H10B2O4S.C9H12BrN.C9H8BrN/c1-39(2,3)45-37(43)41-21-9-13-27-11-7-15-29(23-27)31-17-19-35-33(25-31)34-26-32(18-20-36(34)47-35)30-16-8-12-28(24-30)14-10-22-42-38(44)46-40(4,5)6;31-15-3-7-21-5-1-9-23(17-21)25-11-13-29-27(19-25)28-20-26(12-14-30(28)33-29)24-10-2-6-22(18-24)8-4-16-32;1-14(2,3)18-13(17)16-9-5-7-11-6-4-8-12(15)10-11;15-13(16)7-1-3-11-9(5-7)10-6-8(14(17)18)2-4-12(10)19-11;2*10-9-5-1-3-8(7-9)4-2-6-11/h7-8,11-12,15-20,23-26H,9-10,13-14,21-22H2,1-6H3,(H,41,43)(H,42,44);1-2,5-6,9-14,17-20H,3-4,7-8,15-16,31-32H2;4,6,8,10H,5,7,9H2,1-3H3,(H,16,17);1-6,15-18H;1,3,5,7H,2,4,6,11H2;1,3,5,7H,2,4H2. The molecule has 13 aromatic carbocycles. The number of halogens is 3. The van der Waals surface area contributed by atoms with Gasteiger partial charge in [0.25, 0.3) is 0 Å². The van der Waals surface area contributed by atoms with Crippen molar-refractivity contribution < 1.29 is 48.7 Å². The number of amides is 3. The van der Waals surface area contributed by atoms with Gasteiger partial charge in [0.2, 0.25) is 0 Å². The maximum atomic E-state index is 12.0. The zero-order valence-corrected chi connectivity index (χ0v) is 87.8. The molecule has 0 unspecified atom stereocenters. The van der Waals surface area contributed by atoms with E-state index in [0.717, 1.165) is 137 Å². The highest BCUT2D eigenvalue weighted by Crippen LogP contribution is 2.42. The normalized spacial score (nSPS) is 11.2. The minimum absolute atomic E-state index is 0.350. The number of nitrogens with zero attached hydrogens (tertiary/aromatic N) is 1. The number of alkyl carbamates (subject to hydrolysis) is 3. The molecule has 13 N–H and O–H groups in total. The minimum Gasteiger partial charge on any atom is -0.444 e. The average molecular weight is 2110 g/mol. The Balaban J connectivity index is 0.000000174. The number of benzene rings is 13. The van der Waals surface area contributed by atoms with Crippen molar-refractivity contribution in [2.24, 2.45) is 17.2 Å². The third-order valence-electron chi connectivity index (χ3n) is 22.2. The fourth-order valence-corrected chi connectivity index (χ4v) is 20.2. The van der Waals surface area contributed by atoms with Crippen molar-refractivity contribution in [2.75, 3.05) is 39.3 Å². The smallest absolute Gasteiger partial charge is 0.444 e. The van der Waals surface area contributed by atoms with Crippen molar-refractivity contribution >= 4 is 186 Å². The molecule has 0 radical (unpaired) electrons. The molecule has 3 amide bonds. The van der Waals surface area contributed by atoms with E-state index >= 15 is 0 Å². The number of carbonyl (C=O) groups is 3. The molecular weight excluding hydrogens is 1980 g/mol. The average Bonchev–Trinajstić information content (AvgIpc) is 1.64. The number of nitrogens with one attached hydrogen (secondary N) is 3. The molecule has 0 saturated heterocycles. The first-order chi connectivity index (χ1) is 66.6. The first-order valence-corrected chi connectivity index (χ1v) is 52.1. The van der Waals surface area contributed by atoms with Gasteiger partial charge in [0.1, 0.15) is 16.8 Å². The molecule has 0 aliphatic heterocycles. The van der Waals surface area contributed by atoms with E-state index < -0.39 is 31.0 Å². The van der Waals surface area contributed by atoms with E-state index in [1.165, 1.54) is 124 Å². The second-order valence-electron chi connectivity index (χ2n) is 37.0. The zero-order chi connectivity index (χ0) is 99.6. The molecule has 0 bridgehead atoms. The van der Waals surface area contributed by atoms with Crippen LogP contribution in [0.1, 0.15) is 146 Å². The molecule has 16 rings (SSSR count). The second-order valence-corrected chi connectivity index (χ2v) is 43.0. The lowest BCUT2D eigenvalue weighted by molar-refractivity contribution is 0.0515. The van der Waals surface area contributed by atoms with E-state index in [-0.39, 0.29) is 18.3 Å². The van der Waals surface area contributed by atoms with Crippen LogP contribution in [0.15, 0.2) is 292 Å². The van der Waals surface area contributed by atoms with Crippen LogP contribution < -0.4 is 44.1 Å². The summed E-state index contributed by atoms with van der Waals surface area (Å²) in [6, 6.07) is 99.5. The molecule has 0 aliphatic rings. The summed E-state index contributed by atoms with van der Waals surface area (Å²) in [4.78, 5) is 35.3. The SMILES string of the molecule is CC(C)(C)OC(=O)NCCCc1cccc(-c2ccc3sc4ccc(-c5cccc(CCCNC(=O)OC(C)(C)C)c5)cc4c3c2)c1.CC(C)(C)OC(=O)NCCCc1cccc(Br)c1.N#CCCc1cccc(Br)c1.NCCCc1cccc(-c2ccc3sc4ccc(-c5cccc(CCCN)c5)cc4c3c2)c1.NCCCc1cccc(Br)c1.OB(O)c1ccc2sc3ccc(B(O)O)cc3c2c1. The number of nitrogens with two attached hydrogens (primary N) is 3. The number of carbonyl (C=O) groups excluding carboxylic acids is 3. The molecule has 0 atom stereocenters. The highest BCUT2D eigenvalue weighted by Gasteiger charge is 2.22. The Labute approximate surface area is 856 Å². The first-order valence-electron chi connectivity index (χ1n) is 47.3. The van der Waals surface area contributed by atoms with Crippen LogP contribution in [0.3, 0.4) is 0 Å². The molecule has 0 spiro atoms. The van der Waals surface area contributed by atoms with Gasteiger partial charge in [0.15, 0.2) is 0 Å². The summed E-state index contributed by atoms with van der Waals surface area (Å²) in [5.74, 6) is 0. The van der Waals surface area contributed by atoms with Crippen LogP contribution in [-0.2, 0) is 59.2 Å². The van der Waals surface area contributed by atoms with Gasteiger partial charge in [-0.15, -0.1) is 34.0 Å². The molecule has 3 aromatic heterocycles. The Morgan fingerprint density at radius 1 is 0.309 bits per heavy atom. The number of hydrogen-bond donors (Lipinski definition) is 10. The molecule has 17 nitrogen and oxygen atoms in total. The summed E-state index contributed by atoms with van der Waals surface area (Å²) in [7, 11) is -3.02. The number of nitriles is 1.